The lowest BCUT2D eigenvalue weighted by molar-refractivity contribution is -0.141. The molecule has 0 saturated carbocycles. The number of hydrogen-bond acceptors (Lipinski definition) is 3. The number of rotatable bonds is 8. The summed E-state index contributed by atoms with van der Waals surface area (Å²) < 4.78 is 6.66. The van der Waals surface area contributed by atoms with E-state index >= 15 is 0 Å². The van der Waals surface area contributed by atoms with Crippen LogP contribution in [0.2, 0.25) is 0 Å². The van der Waals surface area contributed by atoms with Crippen LogP contribution in [0.3, 0.4) is 0 Å². The Morgan fingerprint density at radius 1 is 1.29 bits per heavy atom. The van der Waals surface area contributed by atoms with E-state index in [-0.39, 0.29) is 5.91 Å². The van der Waals surface area contributed by atoms with E-state index in [1.165, 1.54) is 0 Å². The lowest BCUT2D eigenvalue weighted by atomic mass is 9.81. The first-order valence-electron chi connectivity index (χ1n) is 7.33. The van der Waals surface area contributed by atoms with Crippen LogP contribution in [0, 0.1) is 5.41 Å². The molecular formula is C16H25BrN2O2. The maximum absolute atomic E-state index is 12.5. The van der Waals surface area contributed by atoms with Crippen LogP contribution in [0.1, 0.15) is 26.7 Å². The fourth-order valence-electron chi connectivity index (χ4n) is 2.27. The van der Waals surface area contributed by atoms with Gasteiger partial charge in [-0.05, 0) is 37.1 Å². The van der Waals surface area contributed by atoms with Gasteiger partial charge in [0.25, 0.3) is 0 Å². The smallest absolute Gasteiger partial charge is 0.229 e. The summed E-state index contributed by atoms with van der Waals surface area (Å²) in [4.78, 5) is 14.3. The highest BCUT2D eigenvalue weighted by molar-refractivity contribution is 9.10. The van der Waals surface area contributed by atoms with Gasteiger partial charge in [-0.15, -0.1) is 0 Å². The van der Waals surface area contributed by atoms with Crippen molar-refractivity contribution in [3.63, 3.8) is 0 Å². The SMILES string of the molecule is CCC(CC)(CN)C(=O)N(C)CCOc1ccc(Br)cc1. The number of hydrogen-bond donors (Lipinski definition) is 1. The highest BCUT2D eigenvalue weighted by atomic mass is 79.9. The maximum Gasteiger partial charge on any atom is 0.229 e. The Morgan fingerprint density at radius 2 is 1.86 bits per heavy atom. The van der Waals surface area contributed by atoms with Gasteiger partial charge in [0.2, 0.25) is 5.91 Å². The monoisotopic (exact) mass is 356 g/mol. The third kappa shape index (κ3) is 4.71. The van der Waals surface area contributed by atoms with Crippen LogP contribution in [-0.4, -0.2) is 37.6 Å². The number of amides is 1. The molecule has 0 saturated heterocycles. The van der Waals surface area contributed by atoms with Gasteiger partial charge in [0, 0.05) is 18.1 Å². The van der Waals surface area contributed by atoms with Gasteiger partial charge in [0.1, 0.15) is 12.4 Å². The molecule has 0 aromatic heterocycles. The Balaban J connectivity index is 2.51. The zero-order valence-corrected chi connectivity index (χ0v) is 14.6. The third-order valence-electron chi connectivity index (χ3n) is 4.05. The van der Waals surface area contributed by atoms with Gasteiger partial charge < -0.3 is 15.4 Å². The quantitative estimate of drug-likeness (QED) is 0.778. The lowest BCUT2D eigenvalue weighted by Crippen LogP contribution is -2.47. The van der Waals surface area contributed by atoms with Gasteiger partial charge >= 0.3 is 0 Å². The summed E-state index contributed by atoms with van der Waals surface area (Å²) >= 11 is 3.38. The van der Waals surface area contributed by atoms with Crippen molar-refractivity contribution in [2.75, 3.05) is 26.7 Å². The molecule has 21 heavy (non-hydrogen) atoms. The van der Waals surface area contributed by atoms with Gasteiger partial charge in [-0.25, -0.2) is 0 Å². The average molecular weight is 357 g/mol. The van der Waals surface area contributed by atoms with Gasteiger partial charge in [0.15, 0.2) is 0 Å². The van der Waals surface area contributed by atoms with Crippen molar-refractivity contribution < 1.29 is 9.53 Å². The summed E-state index contributed by atoms with van der Waals surface area (Å²) in [6, 6.07) is 7.65. The number of carbonyl (C=O) groups excluding carboxylic acids is 1. The lowest BCUT2D eigenvalue weighted by Gasteiger charge is -2.33. The molecule has 0 atom stereocenters. The number of carbonyl (C=O) groups is 1. The maximum atomic E-state index is 12.5. The number of nitrogens with zero attached hydrogens (tertiary/aromatic N) is 1. The third-order valence-corrected chi connectivity index (χ3v) is 4.58. The van der Waals surface area contributed by atoms with E-state index in [4.69, 9.17) is 10.5 Å². The number of benzene rings is 1. The molecule has 0 aliphatic rings. The predicted molar refractivity (Wildman–Crippen MR) is 89.3 cm³/mol. The minimum Gasteiger partial charge on any atom is -0.492 e. The number of halogens is 1. The molecule has 1 aromatic carbocycles. The van der Waals surface area contributed by atoms with Crippen LogP contribution < -0.4 is 10.5 Å². The number of likely N-dealkylation sites (N-methyl/N-ethyl adjacent to an activating group) is 1. The van der Waals surface area contributed by atoms with Crippen LogP contribution in [0.5, 0.6) is 5.75 Å². The largest absolute Gasteiger partial charge is 0.492 e. The van der Waals surface area contributed by atoms with E-state index in [2.05, 4.69) is 15.9 Å². The van der Waals surface area contributed by atoms with Crippen molar-refractivity contribution in [2.45, 2.75) is 26.7 Å². The Morgan fingerprint density at radius 3 is 2.33 bits per heavy atom. The number of nitrogens with two attached hydrogens (primary N) is 1. The Bertz CT molecular complexity index is 436. The average Bonchev–Trinajstić information content (AvgIpc) is 2.51. The zero-order valence-electron chi connectivity index (χ0n) is 13.1. The Labute approximate surface area is 135 Å². The van der Waals surface area contributed by atoms with Crippen molar-refractivity contribution in [1.29, 1.82) is 0 Å². The zero-order chi connectivity index (χ0) is 15.9. The molecule has 1 amide bonds. The molecular weight excluding hydrogens is 332 g/mol. The van der Waals surface area contributed by atoms with Gasteiger partial charge in [-0.2, -0.15) is 0 Å². The van der Waals surface area contributed by atoms with Gasteiger partial charge in [-0.1, -0.05) is 29.8 Å². The molecule has 0 aliphatic carbocycles. The van der Waals surface area contributed by atoms with E-state index in [1.54, 1.807) is 4.90 Å². The number of ether oxygens (including phenoxy) is 1. The molecule has 2 N–H and O–H groups in total. The van der Waals surface area contributed by atoms with Crippen LogP contribution in [0.4, 0.5) is 0 Å². The molecule has 118 valence electrons. The highest BCUT2D eigenvalue weighted by Gasteiger charge is 2.35. The minimum atomic E-state index is -0.438. The van der Waals surface area contributed by atoms with Crippen molar-refractivity contribution in [3.05, 3.63) is 28.7 Å². The highest BCUT2D eigenvalue weighted by Crippen LogP contribution is 2.27. The summed E-state index contributed by atoms with van der Waals surface area (Å²) in [7, 11) is 1.81. The van der Waals surface area contributed by atoms with Crippen molar-refractivity contribution in [2.24, 2.45) is 11.1 Å². The second-order valence-electron chi connectivity index (χ2n) is 5.22. The molecule has 1 rings (SSSR count). The topological polar surface area (TPSA) is 55.6 Å². The van der Waals surface area contributed by atoms with Crippen molar-refractivity contribution >= 4 is 21.8 Å². The van der Waals surface area contributed by atoms with E-state index in [0.29, 0.717) is 19.7 Å². The molecule has 0 heterocycles. The second kappa shape index (κ2) is 8.39. The van der Waals surface area contributed by atoms with Gasteiger partial charge in [0.05, 0.1) is 12.0 Å². The van der Waals surface area contributed by atoms with E-state index in [1.807, 2.05) is 45.2 Å². The fourth-order valence-corrected chi connectivity index (χ4v) is 2.53. The molecule has 0 radical (unpaired) electrons. The van der Waals surface area contributed by atoms with E-state index < -0.39 is 5.41 Å². The first-order chi connectivity index (χ1) is 9.99. The second-order valence-corrected chi connectivity index (χ2v) is 6.14. The molecule has 5 heteroatoms. The van der Waals surface area contributed by atoms with Gasteiger partial charge in [-0.3, -0.25) is 4.79 Å². The molecule has 0 fully saturated rings. The van der Waals surface area contributed by atoms with Crippen LogP contribution in [-0.2, 0) is 4.79 Å². The molecule has 0 aliphatic heterocycles. The van der Waals surface area contributed by atoms with E-state index in [9.17, 15) is 4.79 Å². The first-order valence-corrected chi connectivity index (χ1v) is 8.12. The Kier molecular flexibility index (Phi) is 7.18. The molecule has 4 nitrogen and oxygen atoms in total. The summed E-state index contributed by atoms with van der Waals surface area (Å²) in [5.41, 5.74) is 5.38. The predicted octanol–water partition coefficient (Wildman–Crippen LogP) is 3.05. The van der Waals surface area contributed by atoms with E-state index in [0.717, 1.165) is 23.1 Å². The summed E-state index contributed by atoms with van der Waals surface area (Å²) in [6.45, 7) is 5.44. The summed E-state index contributed by atoms with van der Waals surface area (Å²) in [5.74, 6) is 0.907. The normalized spacial score (nSPS) is 11.3. The van der Waals surface area contributed by atoms with Crippen molar-refractivity contribution in [1.82, 2.24) is 4.90 Å². The van der Waals surface area contributed by atoms with Crippen LogP contribution >= 0.6 is 15.9 Å². The first kappa shape index (κ1) is 18.0. The van der Waals surface area contributed by atoms with Crippen LogP contribution in [0.25, 0.3) is 0 Å². The standard InChI is InChI=1S/C16H25BrN2O2/c1-4-16(5-2,12-18)15(20)19(3)10-11-21-14-8-6-13(17)7-9-14/h6-9H,4-5,10-12,18H2,1-3H3. The molecule has 0 spiro atoms. The summed E-state index contributed by atoms with van der Waals surface area (Å²) in [5, 5.41) is 0. The fraction of sp³-hybridized carbons (Fsp3) is 0.562. The summed E-state index contributed by atoms with van der Waals surface area (Å²) in [6.07, 6.45) is 1.52. The molecule has 0 bridgehead atoms. The van der Waals surface area contributed by atoms with Crippen molar-refractivity contribution in [3.8, 4) is 5.75 Å². The molecule has 1 aromatic rings. The molecule has 0 unspecified atom stereocenters. The minimum absolute atomic E-state index is 0.106. The van der Waals surface area contributed by atoms with Crippen LogP contribution in [0.15, 0.2) is 28.7 Å². The Hall–Kier alpha value is -1.07.